The summed E-state index contributed by atoms with van der Waals surface area (Å²) in [5.41, 5.74) is 9.62. The Labute approximate surface area is 81.9 Å². The van der Waals surface area contributed by atoms with Gasteiger partial charge in [-0.05, 0) is 11.6 Å². The van der Waals surface area contributed by atoms with E-state index in [1.165, 1.54) is 0 Å². The van der Waals surface area contributed by atoms with Crippen LogP contribution in [-0.2, 0) is 9.47 Å². The van der Waals surface area contributed by atoms with Crippen LogP contribution >= 0.6 is 0 Å². The van der Waals surface area contributed by atoms with E-state index in [1.807, 2.05) is 6.07 Å². The molecule has 74 valence electrons. The fourth-order valence-electron chi connectivity index (χ4n) is 1.15. The number of nitrogens with zero attached hydrogens (tertiary/aromatic N) is 3. The van der Waals surface area contributed by atoms with Crippen LogP contribution in [0.5, 0.6) is 0 Å². The van der Waals surface area contributed by atoms with E-state index < -0.39 is 6.29 Å². The van der Waals surface area contributed by atoms with E-state index in [0.717, 1.165) is 5.56 Å². The van der Waals surface area contributed by atoms with Crippen molar-refractivity contribution < 1.29 is 9.47 Å². The summed E-state index contributed by atoms with van der Waals surface area (Å²) in [5.74, 6) is 0. The summed E-state index contributed by atoms with van der Waals surface area (Å²) in [6.45, 7) is 0. The Bertz CT molecular complexity index is 344. The molecule has 0 saturated carbocycles. The molecule has 1 rings (SSSR count). The molecule has 0 saturated heterocycles. The van der Waals surface area contributed by atoms with Crippen molar-refractivity contribution in [3.8, 4) is 0 Å². The van der Waals surface area contributed by atoms with E-state index in [4.69, 9.17) is 15.0 Å². The third kappa shape index (κ3) is 2.47. The molecule has 0 aliphatic carbocycles. The summed E-state index contributed by atoms with van der Waals surface area (Å²) < 4.78 is 10.1. The van der Waals surface area contributed by atoms with Crippen LogP contribution in [-0.4, -0.2) is 14.2 Å². The molecule has 0 bridgehead atoms. The predicted octanol–water partition coefficient (Wildman–Crippen LogP) is 2.92. The number of methoxy groups -OCH3 is 2. The zero-order valence-electron chi connectivity index (χ0n) is 8.04. The van der Waals surface area contributed by atoms with Crippen LogP contribution < -0.4 is 0 Å². The van der Waals surface area contributed by atoms with Crippen molar-refractivity contribution in [1.82, 2.24) is 0 Å². The highest BCUT2D eigenvalue weighted by molar-refractivity contribution is 5.40. The molecule has 1 aromatic rings. The molecule has 0 spiro atoms. The fourth-order valence-corrected chi connectivity index (χ4v) is 1.15. The molecule has 14 heavy (non-hydrogen) atoms. The Morgan fingerprint density at radius 2 is 2.07 bits per heavy atom. The Hall–Kier alpha value is -1.55. The second kappa shape index (κ2) is 5.24. The first-order valence-corrected chi connectivity index (χ1v) is 4.02. The van der Waals surface area contributed by atoms with Gasteiger partial charge in [0.2, 0.25) is 0 Å². The lowest BCUT2D eigenvalue weighted by molar-refractivity contribution is -0.105. The second-order valence-corrected chi connectivity index (χ2v) is 2.59. The van der Waals surface area contributed by atoms with Crippen LogP contribution in [0.4, 0.5) is 5.69 Å². The third-order valence-corrected chi connectivity index (χ3v) is 1.73. The molecular weight excluding hydrogens is 182 g/mol. The molecule has 0 unspecified atom stereocenters. The molecule has 5 heteroatoms. The van der Waals surface area contributed by atoms with Gasteiger partial charge in [0.25, 0.3) is 0 Å². The summed E-state index contributed by atoms with van der Waals surface area (Å²) in [4.78, 5) is 2.70. The highest BCUT2D eigenvalue weighted by Gasteiger charge is 2.07. The van der Waals surface area contributed by atoms with E-state index in [1.54, 1.807) is 32.4 Å². The minimum atomic E-state index is -0.427. The van der Waals surface area contributed by atoms with Crippen LogP contribution in [0.15, 0.2) is 29.4 Å². The fraction of sp³-hybridized carbons (Fsp3) is 0.333. The molecule has 5 nitrogen and oxygen atoms in total. The second-order valence-electron chi connectivity index (χ2n) is 2.59. The molecule has 0 atom stereocenters. The van der Waals surface area contributed by atoms with Gasteiger partial charge in [0.05, 0.1) is 0 Å². The van der Waals surface area contributed by atoms with Gasteiger partial charge in [0.15, 0.2) is 6.29 Å². The highest BCUT2D eigenvalue weighted by Crippen LogP contribution is 2.22. The van der Waals surface area contributed by atoms with Crippen LogP contribution in [0.2, 0.25) is 0 Å². The monoisotopic (exact) mass is 193 g/mol. The number of benzene rings is 1. The summed E-state index contributed by atoms with van der Waals surface area (Å²) in [6, 6.07) is 7.06. The average molecular weight is 193 g/mol. The summed E-state index contributed by atoms with van der Waals surface area (Å²) >= 11 is 0. The zero-order valence-corrected chi connectivity index (χ0v) is 8.04. The van der Waals surface area contributed by atoms with Crippen LogP contribution in [0.1, 0.15) is 11.9 Å². The summed E-state index contributed by atoms with van der Waals surface area (Å²) in [7, 11) is 3.10. The Balaban J connectivity index is 2.97. The maximum Gasteiger partial charge on any atom is 0.183 e. The topological polar surface area (TPSA) is 67.2 Å². The number of rotatable bonds is 4. The molecule has 0 heterocycles. The largest absolute Gasteiger partial charge is 0.352 e. The smallest absolute Gasteiger partial charge is 0.183 e. The van der Waals surface area contributed by atoms with Crippen LogP contribution in [0, 0.1) is 0 Å². The number of hydrogen-bond donors (Lipinski definition) is 0. The Morgan fingerprint density at radius 1 is 1.36 bits per heavy atom. The minimum Gasteiger partial charge on any atom is -0.352 e. The molecule has 0 N–H and O–H groups in total. The normalized spacial score (nSPS) is 9.93. The first-order chi connectivity index (χ1) is 6.81. The number of hydrogen-bond acceptors (Lipinski definition) is 3. The van der Waals surface area contributed by atoms with Crippen molar-refractivity contribution in [3.63, 3.8) is 0 Å². The minimum absolute atomic E-state index is 0.427. The van der Waals surface area contributed by atoms with E-state index in [-0.39, 0.29) is 0 Å². The molecule has 0 aliphatic heterocycles. The van der Waals surface area contributed by atoms with Gasteiger partial charge in [-0.15, -0.1) is 0 Å². The molecule has 0 aromatic heterocycles. The molecule has 0 amide bonds. The molecule has 0 fully saturated rings. The highest BCUT2D eigenvalue weighted by atomic mass is 16.7. The van der Waals surface area contributed by atoms with Gasteiger partial charge < -0.3 is 9.47 Å². The van der Waals surface area contributed by atoms with E-state index in [9.17, 15) is 0 Å². The van der Waals surface area contributed by atoms with Crippen molar-refractivity contribution in [2.75, 3.05) is 14.2 Å². The zero-order chi connectivity index (χ0) is 10.4. The van der Waals surface area contributed by atoms with Gasteiger partial charge >= 0.3 is 0 Å². The number of azide groups is 1. The van der Waals surface area contributed by atoms with Crippen LogP contribution in [0.25, 0.3) is 10.4 Å². The lowest BCUT2D eigenvalue weighted by Gasteiger charge is -2.13. The Morgan fingerprint density at radius 3 is 2.64 bits per heavy atom. The summed E-state index contributed by atoms with van der Waals surface area (Å²) in [6.07, 6.45) is -0.427. The third-order valence-electron chi connectivity index (χ3n) is 1.73. The van der Waals surface area contributed by atoms with Crippen molar-refractivity contribution >= 4 is 5.69 Å². The standard InChI is InChI=1S/C9H11N3O2/c1-13-9(14-2)7-4-3-5-8(6-7)11-12-10/h3-6,9H,1-2H3. The maximum absolute atomic E-state index is 8.26. The van der Waals surface area contributed by atoms with Crippen LogP contribution in [0.3, 0.4) is 0 Å². The SMILES string of the molecule is COC(OC)c1cccc(N=[N+]=[N-])c1. The van der Waals surface area contributed by atoms with Crippen molar-refractivity contribution in [3.05, 3.63) is 40.3 Å². The first kappa shape index (κ1) is 10.5. The van der Waals surface area contributed by atoms with E-state index >= 15 is 0 Å². The van der Waals surface area contributed by atoms with Gasteiger partial charge in [-0.3, -0.25) is 0 Å². The maximum atomic E-state index is 8.26. The summed E-state index contributed by atoms with van der Waals surface area (Å²) in [5, 5.41) is 3.49. The predicted molar refractivity (Wildman–Crippen MR) is 52.0 cm³/mol. The molecular formula is C9H11N3O2. The number of ether oxygens (including phenoxy) is 2. The van der Waals surface area contributed by atoms with Gasteiger partial charge in [0.1, 0.15) is 0 Å². The van der Waals surface area contributed by atoms with E-state index in [2.05, 4.69) is 10.0 Å². The first-order valence-electron chi connectivity index (χ1n) is 4.02. The van der Waals surface area contributed by atoms with Crippen molar-refractivity contribution in [2.45, 2.75) is 6.29 Å². The average Bonchev–Trinajstić information content (AvgIpc) is 2.21. The quantitative estimate of drug-likeness (QED) is 0.319. The molecule has 0 aliphatic rings. The van der Waals surface area contributed by atoms with Gasteiger partial charge in [-0.1, -0.05) is 23.3 Å². The van der Waals surface area contributed by atoms with Crippen molar-refractivity contribution in [2.24, 2.45) is 5.11 Å². The van der Waals surface area contributed by atoms with Gasteiger partial charge in [-0.25, -0.2) is 0 Å². The lowest BCUT2D eigenvalue weighted by Crippen LogP contribution is -2.02. The molecule has 0 radical (unpaired) electrons. The molecule has 1 aromatic carbocycles. The Kier molecular flexibility index (Phi) is 3.94. The lowest BCUT2D eigenvalue weighted by atomic mass is 10.2. The van der Waals surface area contributed by atoms with E-state index in [0.29, 0.717) is 5.69 Å². The van der Waals surface area contributed by atoms with Crippen molar-refractivity contribution in [1.29, 1.82) is 0 Å². The van der Waals surface area contributed by atoms with Gasteiger partial charge in [-0.2, -0.15) is 0 Å². The van der Waals surface area contributed by atoms with Gasteiger partial charge in [0, 0.05) is 30.4 Å².